The fourth-order valence-corrected chi connectivity index (χ4v) is 3.76. The van der Waals surface area contributed by atoms with Crippen LogP contribution >= 0.6 is 21.6 Å². The Balaban J connectivity index is 1.71. The normalized spacial score (nSPS) is 11.4. The average Bonchev–Trinajstić information content (AvgIpc) is 2.62. The van der Waals surface area contributed by atoms with Crippen LogP contribution in [0.25, 0.3) is 0 Å². The highest BCUT2D eigenvalue weighted by Gasteiger charge is 2.12. The van der Waals surface area contributed by atoms with Gasteiger partial charge in [0.1, 0.15) is 17.3 Å². The Hall–Kier alpha value is -2.06. The molecule has 4 nitrogen and oxygen atoms in total. The second kappa shape index (κ2) is 10.0. The molecule has 2 rings (SSSR count). The number of halogens is 2. The molecule has 0 aliphatic carbocycles. The van der Waals surface area contributed by atoms with E-state index in [4.69, 9.17) is 5.21 Å². The Kier molecular flexibility index (Phi) is 7.75. The molecule has 0 saturated carbocycles. The van der Waals surface area contributed by atoms with Gasteiger partial charge in [-0.1, -0.05) is 38.9 Å². The molecule has 0 bridgehead atoms. The number of oxime groups is 1. The van der Waals surface area contributed by atoms with Crippen molar-refractivity contribution in [3.8, 4) is 0 Å². The quantitative estimate of drug-likeness (QED) is 0.239. The van der Waals surface area contributed by atoms with Crippen LogP contribution in [0.4, 0.5) is 8.78 Å². The molecule has 0 aromatic heterocycles. The summed E-state index contributed by atoms with van der Waals surface area (Å²) in [6.07, 6.45) is 0.111. The van der Waals surface area contributed by atoms with Crippen molar-refractivity contribution in [3.05, 3.63) is 65.7 Å². The minimum absolute atomic E-state index is 0.0391. The van der Waals surface area contributed by atoms with Gasteiger partial charge in [-0.15, -0.1) is 0 Å². The molecular formula is C17H16F2N2O2S2. The van der Waals surface area contributed by atoms with Gasteiger partial charge in [0.15, 0.2) is 0 Å². The number of hydrogen-bond acceptors (Lipinski definition) is 5. The standard InChI is InChI=1S/C17H16F2N2O2S2/c18-13-3-1-12(2-4-13)11-16(21-23)17(22)20-9-10-24-25-15-7-5-14(19)6-8-15/h1-8,23H,9-11H2,(H,20,22)/b21-16+. The van der Waals surface area contributed by atoms with Crippen LogP contribution in [0.5, 0.6) is 0 Å². The van der Waals surface area contributed by atoms with Gasteiger partial charge in [0.25, 0.3) is 5.91 Å². The molecule has 25 heavy (non-hydrogen) atoms. The largest absolute Gasteiger partial charge is 0.410 e. The number of hydrogen-bond donors (Lipinski definition) is 2. The maximum Gasteiger partial charge on any atom is 0.269 e. The first-order valence-electron chi connectivity index (χ1n) is 7.37. The third-order valence-electron chi connectivity index (χ3n) is 3.11. The lowest BCUT2D eigenvalue weighted by Gasteiger charge is -2.07. The molecule has 1 amide bonds. The van der Waals surface area contributed by atoms with Gasteiger partial charge in [-0.05, 0) is 42.0 Å². The van der Waals surface area contributed by atoms with Gasteiger partial charge in [-0.3, -0.25) is 4.79 Å². The molecule has 0 radical (unpaired) electrons. The van der Waals surface area contributed by atoms with E-state index in [0.717, 1.165) is 4.90 Å². The van der Waals surface area contributed by atoms with E-state index >= 15 is 0 Å². The topological polar surface area (TPSA) is 61.7 Å². The second-order valence-electron chi connectivity index (χ2n) is 4.97. The Bertz CT molecular complexity index is 722. The maximum absolute atomic E-state index is 12.9. The smallest absolute Gasteiger partial charge is 0.269 e. The van der Waals surface area contributed by atoms with Crippen molar-refractivity contribution < 1.29 is 18.8 Å². The number of rotatable bonds is 8. The molecular weight excluding hydrogens is 366 g/mol. The van der Waals surface area contributed by atoms with Gasteiger partial charge < -0.3 is 10.5 Å². The van der Waals surface area contributed by atoms with Crippen LogP contribution in [0.1, 0.15) is 5.56 Å². The van der Waals surface area contributed by atoms with Gasteiger partial charge in [0, 0.05) is 23.6 Å². The average molecular weight is 382 g/mol. The number of carbonyl (C=O) groups excluding carboxylic acids is 1. The van der Waals surface area contributed by atoms with Gasteiger partial charge in [-0.25, -0.2) is 8.78 Å². The van der Waals surface area contributed by atoms with Crippen molar-refractivity contribution in [1.82, 2.24) is 5.32 Å². The first-order valence-corrected chi connectivity index (χ1v) is 9.69. The van der Waals surface area contributed by atoms with Gasteiger partial charge >= 0.3 is 0 Å². The van der Waals surface area contributed by atoms with Crippen molar-refractivity contribution in [2.24, 2.45) is 5.16 Å². The maximum atomic E-state index is 12.9. The lowest BCUT2D eigenvalue weighted by atomic mass is 10.1. The first kappa shape index (κ1) is 19.3. The van der Waals surface area contributed by atoms with Crippen LogP contribution in [0.15, 0.2) is 58.6 Å². The molecule has 0 aliphatic rings. The zero-order valence-electron chi connectivity index (χ0n) is 13.1. The summed E-state index contributed by atoms with van der Waals surface area (Å²) in [6, 6.07) is 11.8. The molecule has 2 aromatic carbocycles. The van der Waals surface area contributed by atoms with Crippen LogP contribution in [0.2, 0.25) is 0 Å². The fraction of sp³-hybridized carbons (Fsp3) is 0.176. The fourth-order valence-electron chi connectivity index (χ4n) is 1.86. The number of nitrogens with zero attached hydrogens (tertiary/aromatic N) is 1. The number of benzene rings is 2. The summed E-state index contributed by atoms with van der Waals surface area (Å²) in [5.74, 6) is -0.493. The molecule has 8 heteroatoms. The van der Waals surface area contributed by atoms with Crippen molar-refractivity contribution in [1.29, 1.82) is 0 Å². The molecule has 0 atom stereocenters. The highest BCUT2D eigenvalue weighted by molar-refractivity contribution is 8.76. The predicted octanol–water partition coefficient (Wildman–Crippen LogP) is 3.89. The van der Waals surface area contributed by atoms with Crippen molar-refractivity contribution >= 4 is 33.2 Å². The molecule has 0 saturated heterocycles. The number of nitrogens with one attached hydrogen (secondary N) is 1. The summed E-state index contributed by atoms with van der Waals surface area (Å²) in [5, 5.41) is 14.7. The zero-order chi connectivity index (χ0) is 18.1. The molecule has 0 fully saturated rings. The second-order valence-corrected chi connectivity index (χ2v) is 7.45. The first-order chi connectivity index (χ1) is 12.1. The zero-order valence-corrected chi connectivity index (χ0v) is 14.7. The lowest BCUT2D eigenvalue weighted by molar-refractivity contribution is -0.114. The summed E-state index contributed by atoms with van der Waals surface area (Å²) in [5.41, 5.74) is 0.633. The molecule has 0 aliphatic heterocycles. The molecule has 132 valence electrons. The van der Waals surface area contributed by atoms with E-state index in [1.807, 2.05) is 0 Å². The monoisotopic (exact) mass is 382 g/mol. The summed E-state index contributed by atoms with van der Waals surface area (Å²) < 4.78 is 25.7. The SMILES string of the molecule is O=C(NCCSSc1ccc(F)cc1)/C(Cc1ccc(F)cc1)=N/O. The van der Waals surface area contributed by atoms with Gasteiger partial charge in [-0.2, -0.15) is 0 Å². The van der Waals surface area contributed by atoms with Crippen LogP contribution in [0.3, 0.4) is 0 Å². The Morgan fingerprint density at radius 3 is 2.24 bits per heavy atom. The molecule has 0 heterocycles. The summed E-state index contributed by atoms with van der Waals surface area (Å²) >= 11 is 0. The third kappa shape index (κ3) is 6.75. The highest BCUT2D eigenvalue weighted by atomic mass is 33.1. The van der Waals surface area contributed by atoms with E-state index < -0.39 is 5.91 Å². The number of amides is 1. The van der Waals surface area contributed by atoms with E-state index in [0.29, 0.717) is 17.9 Å². The molecule has 2 N–H and O–H groups in total. The minimum atomic E-state index is -0.473. The Labute approximate surface area is 152 Å². The van der Waals surface area contributed by atoms with Crippen LogP contribution in [-0.2, 0) is 11.2 Å². The lowest BCUT2D eigenvalue weighted by Crippen LogP contribution is -2.33. The van der Waals surface area contributed by atoms with Gasteiger partial charge in [0.2, 0.25) is 0 Å². The van der Waals surface area contributed by atoms with Crippen LogP contribution in [-0.4, -0.2) is 29.1 Å². The summed E-state index contributed by atoms with van der Waals surface area (Å²) in [4.78, 5) is 12.9. The third-order valence-corrected chi connectivity index (χ3v) is 5.49. The van der Waals surface area contributed by atoms with E-state index in [2.05, 4.69) is 10.5 Å². The Morgan fingerprint density at radius 2 is 1.64 bits per heavy atom. The molecule has 2 aromatic rings. The van der Waals surface area contributed by atoms with E-state index in [1.54, 1.807) is 12.1 Å². The van der Waals surface area contributed by atoms with Gasteiger partial charge in [0.05, 0.1) is 0 Å². The number of carbonyl (C=O) groups is 1. The van der Waals surface area contributed by atoms with E-state index in [-0.39, 0.29) is 23.8 Å². The van der Waals surface area contributed by atoms with Crippen molar-refractivity contribution in [2.45, 2.75) is 11.3 Å². The van der Waals surface area contributed by atoms with E-state index in [1.165, 1.54) is 58.0 Å². The molecule has 0 spiro atoms. The summed E-state index contributed by atoms with van der Waals surface area (Å²) in [7, 11) is 3.00. The van der Waals surface area contributed by atoms with E-state index in [9.17, 15) is 13.6 Å². The summed E-state index contributed by atoms with van der Waals surface area (Å²) in [6.45, 7) is 0.389. The van der Waals surface area contributed by atoms with Crippen molar-refractivity contribution in [2.75, 3.05) is 12.3 Å². The van der Waals surface area contributed by atoms with Crippen LogP contribution < -0.4 is 5.32 Å². The predicted molar refractivity (Wildman–Crippen MR) is 97.1 cm³/mol. The van der Waals surface area contributed by atoms with Crippen molar-refractivity contribution in [3.63, 3.8) is 0 Å². The molecule has 0 unspecified atom stereocenters. The highest BCUT2D eigenvalue weighted by Crippen LogP contribution is 2.30. The minimum Gasteiger partial charge on any atom is -0.410 e. The van der Waals surface area contributed by atoms with Crippen LogP contribution in [0, 0.1) is 11.6 Å². The Morgan fingerprint density at radius 1 is 1.04 bits per heavy atom.